The number of ether oxygens (including phenoxy) is 1. The second-order valence-electron chi connectivity index (χ2n) is 4.51. The third-order valence-electron chi connectivity index (χ3n) is 3.29. The summed E-state index contributed by atoms with van der Waals surface area (Å²) in [6, 6.07) is 0.496. The van der Waals surface area contributed by atoms with Gasteiger partial charge in [0.15, 0.2) is 0 Å². The van der Waals surface area contributed by atoms with Gasteiger partial charge < -0.3 is 10.1 Å². The summed E-state index contributed by atoms with van der Waals surface area (Å²) < 4.78 is 5.74. The summed E-state index contributed by atoms with van der Waals surface area (Å²) in [5, 5.41) is 3.55. The minimum atomic E-state index is 0.496. The molecule has 2 aliphatic rings. The van der Waals surface area contributed by atoms with Gasteiger partial charge in [-0.15, -0.1) is 0 Å². The Morgan fingerprint density at radius 2 is 2.43 bits per heavy atom. The average Bonchev–Trinajstić information content (AvgIpc) is 2.93. The molecule has 1 fully saturated rings. The van der Waals surface area contributed by atoms with Gasteiger partial charge in [-0.3, -0.25) is 0 Å². The summed E-state index contributed by atoms with van der Waals surface area (Å²) in [5.41, 5.74) is 0. The highest BCUT2D eigenvalue weighted by molar-refractivity contribution is 5.12. The van der Waals surface area contributed by atoms with Gasteiger partial charge in [-0.2, -0.15) is 0 Å². The molecular weight excluding hydrogens is 174 g/mol. The van der Waals surface area contributed by atoms with Crippen LogP contribution in [-0.4, -0.2) is 19.2 Å². The molecule has 0 amide bonds. The first kappa shape index (κ1) is 10.0. The third kappa shape index (κ3) is 2.11. The number of likely N-dealkylation sites (N-methyl/N-ethyl adjacent to an activating group) is 1. The van der Waals surface area contributed by atoms with Gasteiger partial charge >= 0.3 is 0 Å². The molecule has 0 radical (unpaired) electrons. The summed E-state index contributed by atoms with van der Waals surface area (Å²) in [4.78, 5) is 0. The van der Waals surface area contributed by atoms with E-state index in [4.69, 9.17) is 4.74 Å². The fraction of sp³-hybridized carbons (Fsp3) is 0.833. The monoisotopic (exact) mass is 195 g/mol. The van der Waals surface area contributed by atoms with Crippen LogP contribution in [0.15, 0.2) is 11.8 Å². The molecular formula is C12H21NO. The van der Waals surface area contributed by atoms with Gasteiger partial charge in [0.05, 0.1) is 12.6 Å². The molecule has 1 N–H and O–H groups in total. The van der Waals surface area contributed by atoms with Crippen LogP contribution in [0.4, 0.5) is 0 Å². The van der Waals surface area contributed by atoms with Crippen molar-refractivity contribution in [1.29, 1.82) is 0 Å². The molecule has 1 aliphatic carbocycles. The molecule has 14 heavy (non-hydrogen) atoms. The SMILES string of the molecule is CCNC(C1=CCCCO1)C1CC1C. The van der Waals surface area contributed by atoms with Gasteiger partial charge in [0.25, 0.3) is 0 Å². The van der Waals surface area contributed by atoms with E-state index in [1.54, 1.807) is 0 Å². The first-order chi connectivity index (χ1) is 6.83. The van der Waals surface area contributed by atoms with E-state index in [9.17, 15) is 0 Å². The molecule has 80 valence electrons. The lowest BCUT2D eigenvalue weighted by Crippen LogP contribution is -2.35. The van der Waals surface area contributed by atoms with E-state index >= 15 is 0 Å². The Labute approximate surface area is 86.7 Å². The summed E-state index contributed by atoms with van der Waals surface area (Å²) in [5.74, 6) is 2.91. The Bertz CT molecular complexity index is 224. The lowest BCUT2D eigenvalue weighted by Gasteiger charge is -2.24. The summed E-state index contributed by atoms with van der Waals surface area (Å²) >= 11 is 0. The van der Waals surface area contributed by atoms with Crippen LogP contribution >= 0.6 is 0 Å². The van der Waals surface area contributed by atoms with Gasteiger partial charge in [0.2, 0.25) is 0 Å². The highest BCUT2D eigenvalue weighted by Gasteiger charge is 2.41. The molecule has 2 rings (SSSR count). The molecule has 0 spiro atoms. The lowest BCUT2D eigenvalue weighted by atomic mass is 10.1. The van der Waals surface area contributed by atoms with Crippen molar-refractivity contribution in [2.24, 2.45) is 11.8 Å². The maximum Gasteiger partial charge on any atom is 0.109 e. The molecule has 2 nitrogen and oxygen atoms in total. The normalized spacial score (nSPS) is 33.1. The molecule has 1 heterocycles. The number of rotatable bonds is 4. The van der Waals surface area contributed by atoms with Crippen LogP contribution in [0.5, 0.6) is 0 Å². The topological polar surface area (TPSA) is 21.3 Å². The second-order valence-corrected chi connectivity index (χ2v) is 4.51. The highest BCUT2D eigenvalue weighted by Crippen LogP contribution is 2.43. The standard InChI is InChI=1S/C12H21NO/c1-3-13-12(10-8-9(10)2)11-6-4-5-7-14-11/h6,9-10,12-13H,3-5,7-8H2,1-2H3. The van der Waals surface area contributed by atoms with E-state index in [1.807, 2.05) is 0 Å². The molecule has 0 aromatic rings. The van der Waals surface area contributed by atoms with Gasteiger partial charge in [-0.25, -0.2) is 0 Å². The fourth-order valence-corrected chi connectivity index (χ4v) is 2.29. The molecule has 2 heteroatoms. The van der Waals surface area contributed by atoms with E-state index in [2.05, 4.69) is 25.2 Å². The van der Waals surface area contributed by atoms with E-state index < -0.39 is 0 Å². The zero-order valence-corrected chi connectivity index (χ0v) is 9.25. The molecule has 3 unspecified atom stereocenters. The molecule has 1 saturated carbocycles. The van der Waals surface area contributed by atoms with Crippen molar-refractivity contribution in [3.05, 3.63) is 11.8 Å². The molecule has 0 aromatic carbocycles. The Kier molecular flexibility index (Phi) is 3.12. The second kappa shape index (κ2) is 4.35. The predicted octanol–water partition coefficient (Wildman–Crippen LogP) is 2.31. The maximum absolute atomic E-state index is 5.74. The van der Waals surface area contributed by atoms with Crippen molar-refractivity contribution >= 4 is 0 Å². The fourth-order valence-electron chi connectivity index (χ4n) is 2.29. The van der Waals surface area contributed by atoms with Crippen LogP contribution < -0.4 is 5.32 Å². The van der Waals surface area contributed by atoms with E-state index in [1.165, 1.54) is 25.0 Å². The van der Waals surface area contributed by atoms with E-state index in [0.717, 1.165) is 25.0 Å². The van der Waals surface area contributed by atoms with Gasteiger partial charge in [0.1, 0.15) is 5.76 Å². The summed E-state index contributed by atoms with van der Waals surface area (Å²) in [7, 11) is 0. The number of hydrogen-bond acceptors (Lipinski definition) is 2. The van der Waals surface area contributed by atoms with Crippen LogP contribution in [0.1, 0.15) is 33.1 Å². The Morgan fingerprint density at radius 3 is 2.93 bits per heavy atom. The van der Waals surface area contributed by atoms with E-state index in [0.29, 0.717) is 6.04 Å². The van der Waals surface area contributed by atoms with Crippen molar-refractivity contribution in [3.8, 4) is 0 Å². The van der Waals surface area contributed by atoms with Crippen LogP contribution in [0, 0.1) is 11.8 Å². The minimum absolute atomic E-state index is 0.496. The van der Waals surface area contributed by atoms with Crippen molar-refractivity contribution in [1.82, 2.24) is 5.32 Å². The highest BCUT2D eigenvalue weighted by atomic mass is 16.5. The quantitative estimate of drug-likeness (QED) is 0.743. The number of nitrogens with one attached hydrogen (secondary N) is 1. The minimum Gasteiger partial charge on any atom is -0.497 e. The van der Waals surface area contributed by atoms with Crippen molar-refractivity contribution in [3.63, 3.8) is 0 Å². The first-order valence-corrected chi connectivity index (χ1v) is 5.89. The third-order valence-corrected chi connectivity index (χ3v) is 3.29. The van der Waals surface area contributed by atoms with Crippen LogP contribution in [0.3, 0.4) is 0 Å². The largest absolute Gasteiger partial charge is 0.497 e. The smallest absolute Gasteiger partial charge is 0.109 e. The maximum atomic E-state index is 5.74. The summed E-state index contributed by atoms with van der Waals surface area (Å²) in [6.45, 7) is 6.45. The summed E-state index contributed by atoms with van der Waals surface area (Å²) in [6.07, 6.45) is 6.02. The van der Waals surface area contributed by atoms with Crippen molar-refractivity contribution in [2.75, 3.05) is 13.2 Å². The van der Waals surface area contributed by atoms with Crippen LogP contribution in [-0.2, 0) is 4.74 Å². The van der Waals surface area contributed by atoms with Crippen LogP contribution in [0.2, 0.25) is 0 Å². The van der Waals surface area contributed by atoms with Gasteiger partial charge in [0, 0.05) is 0 Å². The molecule has 1 aliphatic heterocycles. The number of hydrogen-bond donors (Lipinski definition) is 1. The zero-order valence-electron chi connectivity index (χ0n) is 9.25. The van der Waals surface area contributed by atoms with Gasteiger partial charge in [-0.05, 0) is 43.7 Å². The average molecular weight is 195 g/mol. The van der Waals surface area contributed by atoms with Crippen molar-refractivity contribution < 1.29 is 4.74 Å². The Balaban J connectivity index is 1.98. The zero-order chi connectivity index (χ0) is 9.97. The Morgan fingerprint density at radius 1 is 1.64 bits per heavy atom. The molecule has 0 saturated heterocycles. The van der Waals surface area contributed by atoms with E-state index in [-0.39, 0.29) is 0 Å². The molecule has 0 bridgehead atoms. The van der Waals surface area contributed by atoms with Crippen LogP contribution in [0.25, 0.3) is 0 Å². The van der Waals surface area contributed by atoms with Gasteiger partial charge in [-0.1, -0.05) is 13.8 Å². The molecule has 3 atom stereocenters. The lowest BCUT2D eigenvalue weighted by molar-refractivity contribution is 0.161. The number of allylic oxidation sites excluding steroid dienone is 1. The predicted molar refractivity (Wildman–Crippen MR) is 58.0 cm³/mol. The molecule has 0 aromatic heterocycles. The van der Waals surface area contributed by atoms with Crippen molar-refractivity contribution in [2.45, 2.75) is 39.2 Å². The first-order valence-electron chi connectivity index (χ1n) is 5.89. The Hall–Kier alpha value is -0.500.